The third-order valence-corrected chi connectivity index (χ3v) is 13.0. The number of hydrogen-bond acceptors (Lipinski definition) is 7. The predicted molar refractivity (Wildman–Crippen MR) is 162 cm³/mol. The number of pyridine rings is 1. The quantitative estimate of drug-likeness (QED) is 0.130. The van der Waals surface area contributed by atoms with Crippen LogP contribution in [0.3, 0.4) is 0 Å². The standard InChI is InChI=1S/C31H39FN4O3SSi/c1-31(2,3)41(5,6)39-21-26-18-23(30(37)38-4)17-25(33-26)9-7-11-28-34-35-29(19-27-10-8-16-40-27)36(28)20-22-12-14-24(32)15-13-22/h8,10,12-18H,7,9,11,19-21H2,1-6H3. The molecular weight excluding hydrogens is 556 g/mol. The van der Waals surface area contributed by atoms with Crippen molar-refractivity contribution in [3.05, 3.63) is 98.8 Å². The molecule has 3 heterocycles. The second kappa shape index (κ2) is 13.2. The molecule has 4 aromatic rings. The van der Waals surface area contributed by atoms with E-state index in [0.29, 0.717) is 38.0 Å². The smallest absolute Gasteiger partial charge is 0.337 e. The highest BCUT2D eigenvalue weighted by atomic mass is 32.1. The van der Waals surface area contributed by atoms with Gasteiger partial charge in [0, 0.05) is 23.4 Å². The molecule has 7 nitrogen and oxygen atoms in total. The summed E-state index contributed by atoms with van der Waals surface area (Å²) in [6.07, 6.45) is 2.78. The van der Waals surface area contributed by atoms with Crippen molar-refractivity contribution in [1.29, 1.82) is 0 Å². The lowest BCUT2D eigenvalue weighted by molar-refractivity contribution is 0.0600. The number of carbonyl (C=O) groups is 1. The summed E-state index contributed by atoms with van der Waals surface area (Å²) in [5, 5.41) is 11.2. The summed E-state index contributed by atoms with van der Waals surface area (Å²) < 4.78 is 27.0. The van der Waals surface area contributed by atoms with Crippen LogP contribution in [0.4, 0.5) is 4.39 Å². The van der Waals surface area contributed by atoms with E-state index in [1.54, 1.807) is 35.6 Å². The predicted octanol–water partition coefficient (Wildman–Crippen LogP) is 7.00. The number of esters is 1. The van der Waals surface area contributed by atoms with Gasteiger partial charge in [-0.25, -0.2) is 9.18 Å². The van der Waals surface area contributed by atoms with Gasteiger partial charge in [0.15, 0.2) is 8.32 Å². The van der Waals surface area contributed by atoms with Gasteiger partial charge in [0.05, 0.1) is 31.5 Å². The SMILES string of the molecule is COC(=O)c1cc(CCCc2nnc(Cc3cccs3)n2Cc2ccc(F)cc2)nc(CO[Si](C)(C)C(C)(C)C)c1. The van der Waals surface area contributed by atoms with Crippen LogP contribution in [0.1, 0.15) is 71.0 Å². The van der Waals surface area contributed by atoms with Crippen LogP contribution in [0.5, 0.6) is 0 Å². The first-order valence-electron chi connectivity index (χ1n) is 13.8. The zero-order valence-corrected chi connectivity index (χ0v) is 26.6. The van der Waals surface area contributed by atoms with E-state index in [9.17, 15) is 9.18 Å². The highest BCUT2D eigenvalue weighted by Gasteiger charge is 2.37. The molecule has 1 aromatic carbocycles. The minimum atomic E-state index is -1.98. The van der Waals surface area contributed by atoms with Crippen molar-refractivity contribution in [3.63, 3.8) is 0 Å². The third kappa shape index (κ3) is 8.18. The second-order valence-corrected chi connectivity index (χ2v) is 17.6. The molecule has 0 saturated heterocycles. The maximum absolute atomic E-state index is 13.5. The lowest BCUT2D eigenvalue weighted by atomic mass is 10.1. The summed E-state index contributed by atoms with van der Waals surface area (Å²) in [6.45, 7) is 11.9. The minimum Gasteiger partial charge on any atom is -0.465 e. The first-order chi connectivity index (χ1) is 19.4. The molecule has 41 heavy (non-hydrogen) atoms. The maximum Gasteiger partial charge on any atom is 0.337 e. The summed E-state index contributed by atoms with van der Waals surface area (Å²) in [4.78, 5) is 18.5. The van der Waals surface area contributed by atoms with Crippen LogP contribution >= 0.6 is 11.3 Å². The van der Waals surface area contributed by atoms with E-state index in [1.807, 2.05) is 6.07 Å². The van der Waals surface area contributed by atoms with Gasteiger partial charge in [-0.3, -0.25) is 4.98 Å². The zero-order chi connectivity index (χ0) is 29.6. The lowest BCUT2D eigenvalue weighted by Crippen LogP contribution is -2.40. The second-order valence-electron chi connectivity index (χ2n) is 11.7. The molecule has 0 unspecified atom stereocenters. The van der Waals surface area contributed by atoms with Crippen LogP contribution < -0.4 is 0 Å². The van der Waals surface area contributed by atoms with Gasteiger partial charge in [-0.1, -0.05) is 39.0 Å². The van der Waals surface area contributed by atoms with E-state index in [-0.39, 0.29) is 16.8 Å². The number of thiophene rings is 1. The van der Waals surface area contributed by atoms with Crippen LogP contribution in [-0.2, 0) is 41.6 Å². The van der Waals surface area contributed by atoms with Crippen molar-refractivity contribution in [2.45, 2.75) is 77.7 Å². The normalized spacial score (nSPS) is 12.1. The molecule has 10 heteroatoms. The van der Waals surface area contributed by atoms with Gasteiger partial charge >= 0.3 is 5.97 Å². The molecule has 0 amide bonds. The topological polar surface area (TPSA) is 79.1 Å². The van der Waals surface area contributed by atoms with Crippen molar-refractivity contribution in [2.24, 2.45) is 0 Å². The molecule has 0 aliphatic rings. The zero-order valence-electron chi connectivity index (χ0n) is 24.7. The van der Waals surface area contributed by atoms with Gasteiger partial charge in [-0.15, -0.1) is 21.5 Å². The van der Waals surface area contributed by atoms with Crippen LogP contribution in [0.25, 0.3) is 0 Å². The molecule has 0 radical (unpaired) electrons. The Balaban J connectivity index is 1.51. The molecule has 0 saturated carbocycles. The molecule has 0 bridgehead atoms. The molecule has 0 atom stereocenters. The van der Waals surface area contributed by atoms with Crippen LogP contribution in [0.15, 0.2) is 53.9 Å². The fourth-order valence-electron chi connectivity index (χ4n) is 4.20. The first-order valence-corrected chi connectivity index (χ1v) is 17.6. The number of rotatable bonds is 12. The number of aryl methyl sites for hydroxylation is 2. The summed E-state index contributed by atoms with van der Waals surface area (Å²) in [5.74, 6) is 1.10. The van der Waals surface area contributed by atoms with Crippen molar-refractivity contribution < 1.29 is 18.3 Å². The summed E-state index contributed by atoms with van der Waals surface area (Å²) in [5.41, 5.74) is 3.00. The molecule has 218 valence electrons. The number of halogens is 1. The van der Waals surface area contributed by atoms with Crippen molar-refractivity contribution in [2.75, 3.05) is 7.11 Å². The summed E-state index contributed by atoms with van der Waals surface area (Å²) in [6, 6.07) is 14.2. The summed E-state index contributed by atoms with van der Waals surface area (Å²) in [7, 11) is -0.600. The Morgan fingerprint density at radius 3 is 2.39 bits per heavy atom. The van der Waals surface area contributed by atoms with Crippen LogP contribution in [0, 0.1) is 5.82 Å². The van der Waals surface area contributed by atoms with E-state index in [0.717, 1.165) is 35.0 Å². The molecule has 0 spiro atoms. The number of carbonyl (C=O) groups excluding carboxylic acids is 1. The summed E-state index contributed by atoms with van der Waals surface area (Å²) >= 11 is 1.69. The van der Waals surface area contributed by atoms with E-state index < -0.39 is 8.32 Å². The molecule has 0 N–H and O–H groups in total. The number of methoxy groups -OCH3 is 1. The van der Waals surface area contributed by atoms with Crippen molar-refractivity contribution in [1.82, 2.24) is 19.7 Å². The van der Waals surface area contributed by atoms with Gasteiger partial charge < -0.3 is 13.7 Å². The van der Waals surface area contributed by atoms with Crippen molar-refractivity contribution >= 4 is 25.6 Å². The van der Waals surface area contributed by atoms with Gasteiger partial charge in [0.2, 0.25) is 0 Å². The van der Waals surface area contributed by atoms with E-state index >= 15 is 0 Å². The molecule has 0 fully saturated rings. The number of benzene rings is 1. The van der Waals surface area contributed by atoms with Gasteiger partial charge in [0.1, 0.15) is 17.5 Å². The Morgan fingerprint density at radius 1 is 1.02 bits per heavy atom. The van der Waals surface area contributed by atoms with Crippen LogP contribution in [0.2, 0.25) is 18.1 Å². The van der Waals surface area contributed by atoms with Crippen molar-refractivity contribution in [3.8, 4) is 0 Å². The van der Waals surface area contributed by atoms with E-state index in [1.165, 1.54) is 24.1 Å². The van der Waals surface area contributed by atoms with Gasteiger partial charge in [0.25, 0.3) is 0 Å². The number of hydrogen-bond donors (Lipinski definition) is 0. The molecule has 0 aliphatic carbocycles. The Hall–Kier alpha value is -3.21. The Bertz CT molecular complexity index is 1450. The van der Waals surface area contributed by atoms with Gasteiger partial charge in [-0.05, 0) is 72.2 Å². The Kier molecular flexibility index (Phi) is 9.88. The molecular formula is C31H39FN4O3SSi. The third-order valence-electron chi connectivity index (χ3n) is 7.64. The monoisotopic (exact) mass is 594 g/mol. The average molecular weight is 595 g/mol. The largest absolute Gasteiger partial charge is 0.465 e. The number of nitrogens with zero attached hydrogens (tertiary/aromatic N) is 4. The van der Waals surface area contributed by atoms with Crippen LogP contribution in [-0.4, -0.2) is 41.1 Å². The highest BCUT2D eigenvalue weighted by molar-refractivity contribution is 7.09. The first kappa shape index (κ1) is 30.7. The number of ether oxygens (including phenoxy) is 1. The molecule has 0 aliphatic heterocycles. The Labute approximate surface area is 246 Å². The highest BCUT2D eigenvalue weighted by Crippen LogP contribution is 2.37. The fourth-order valence-corrected chi connectivity index (χ4v) is 5.84. The minimum absolute atomic E-state index is 0.0714. The fraction of sp³-hybridized carbons (Fsp3) is 0.419. The molecule has 3 aromatic heterocycles. The molecule has 4 rings (SSSR count). The van der Waals surface area contributed by atoms with Gasteiger partial charge in [-0.2, -0.15) is 0 Å². The number of aromatic nitrogens is 4. The maximum atomic E-state index is 13.5. The van der Waals surface area contributed by atoms with E-state index in [2.05, 4.69) is 60.1 Å². The lowest BCUT2D eigenvalue weighted by Gasteiger charge is -2.36. The average Bonchev–Trinajstić information content (AvgIpc) is 3.58. The Morgan fingerprint density at radius 2 is 1.73 bits per heavy atom. The van der Waals surface area contributed by atoms with E-state index in [4.69, 9.17) is 14.1 Å².